The molecule has 0 radical (unpaired) electrons. The summed E-state index contributed by atoms with van der Waals surface area (Å²) < 4.78 is 6.09. The normalized spacial score (nSPS) is 15.2. The Kier molecular flexibility index (Phi) is 7.73. The molecule has 1 heterocycles. The quantitative estimate of drug-likeness (QED) is 0.213. The van der Waals surface area contributed by atoms with Crippen LogP contribution in [0.2, 0.25) is 0 Å². The van der Waals surface area contributed by atoms with Crippen molar-refractivity contribution in [1.82, 2.24) is 10.3 Å². The molecule has 1 saturated carbocycles. The number of ether oxygens (including phenoxy) is 1. The summed E-state index contributed by atoms with van der Waals surface area (Å²) in [5.74, 6) is 0.815. The number of hydrogen-bond acceptors (Lipinski definition) is 4. The second kappa shape index (κ2) is 11.9. The Balaban J connectivity index is 1.21. The second-order valence-electron chi connectivity index (χ2n) is 10.7. The predicted octanol–water partition coefficient (Wildman–Crippen LogP) is 7.09. The maximum absolute atomic E-state index is 13.7. The number of rotatable bonds is 9. The molecule has 1 amide bonds. The monoisotopic (exact) mass is 530 g/mol. The van der Waals surface area contributed by atoms with Crippen molar-refractivity contribution in [3.05, 3.63) is 120 Å². The summed E-state index contributed by atoms with van der Waals surface area (Å²) in [7, 11) is 0. The number of benzene rings is 4. The van der Waals surface area contributed by atoms with E-state index in [0.29, 0.717) is 12.5 Å². The minimum atomic E-state index is -0.421. The number of fused-ring (bicyclic) bond motifs is 2. The topological polar surface area (TPSA) is 71.5 Å². The van der Waals surface area contributed by atoms with Crippen LogP contribution in [0.3, 0.4) is 0 Å². The van der Waals surface area contributed by atoms with E-state index in [4.69, 9.17) is 9.72 Å². The van der Waals surface area contributed by atoms with Gasteiger partial charge in [-0.15, -0.1) is 0 Å². The number of carbonyl (C=O) groups is 1. The number of pyridine rings is 1. The van der Waals surface area contributed by atoms with Gasteiger partial charge >= 0.3 is 0 Å². The molecular formula is C35H34N2O3. The molecule has 1 aliphatic carbocycles. The number of aliphatic hydroxyl groups is 1. The standard InChI is InChI=1S/C35H34N2O3/c38-22-33(24-8-2-1-3-9-24)37-35(39)34(26-11-4-5-12-26)29-15-14-28-21-31(19-17-27(28)20-29)40-23-30-18-16-25-10-6-7-13-32(25)36-30/h1-3,6-10,13-21,26,33-34,38H,4-5,11-12,22-23H2,(H,37,39)/t33-,34?/m0/s1. The third-order valence-electron chi connectivity index (χ3n) is 8.09. The maximum atomic E-state index is 13.7. The number of para-hydroxylation sites is 1. The van der Waals surface area contributed by atoms with Crippen molar-refractivity contribution < 1.29 is 14.6 Å². The number of nitrogens with zero attached hydrogens (tertiary/aromatic N) is 1. The molecule has 0 bridgehead atoms. The van der Waals surface area contributed by atoms with Gasteiger partial charge in [-0.2, -0.15) is 0 Å². The maximum Gasteiger partial charge on any atom is 0.228 e. The highest BCUT2D eigenvalue weighted by atomic mass is 16.5. The van der Waals surface area contributed by atoms with Crippen LogP contribution in [0.5, 0.6) is 5.75 Å². The minimum Gasteiger partial charge on any atom is -0.487 e. The number of carbonyl (C=O) groups excluding carboxylic acids is 1. The molecule has 1 aromatic heterocycles. The lowest BCUT2D eigenvalue weighted by Crippen LogP contribution is -2.37. The number of aromatic nitrogens is 1. The summed E-state index contributed by atoms with van der Waals surface area (Å²) in [6, 6.07) is 33.8. The van der Waals surface area contributed by atoms with Crippen LogP contribution in [0.4, 0.5) is 0 Å². The van der Waals surface area contributed by atoms with E-state index in [1.54, 1.807) is 0 Å². The van der Waals surface area contributed by atoms with Gasteiger partial charge in [-0.3, -0.25) is 4.79 Å². The zero-order chi connectivity index (χ0) is 27.3. The Hall–Kier alpha value is -4.22. The highest BCUT2D eigenvalue weighted by Gasteiger charge is 2.33. The lowest BCUT2D eigenvalue weighted by Gasteiger charge is -2.26. The van der Waals surface area contributed by atoms with E-state index in [2.05, 4.69) is 41.7 Å². The minimum absolute atomic E-state index is 0.0167. The third-order valence-corrected chi connectivity index (χ3v) is 8.09. The molecule has 40 heavy (non-hydrogen) atoms. The Bertz CT molecular complexity index is 1610. The Morgan fingerprint density at radius 2 is 1.55 bits per heavy atom. The summed E-state index contributed by atoms with van der Waals surface area (Å²) in [6.45, 7) is 0.258. The first-order valence-corrected chi connectivity index (χ1v) is 14.2. The Morgan fingerprint density at radius 1 is 0.825 bits per heavy atom. The summed E-state index contributed by atoms with van der Waals surface area (Å²) in [5, 5.41) is 16.4. The van der Waals surface area contributed by atoms with Crippen LogP contribution < -0.4 is 10.1 Å². The number of amides is 1. The van der Waals surface area contributed by atoms with Gasteiger partial charge in [-0.1, -0.05) is 91.7 Å². The van der Waals surface area contributed by atoms with Gasteiger partial charge in [0.25, 0.3) is 0 Å². The summed E-state index contributed by atoms with van der Waals surface area (Å²) >= 11 is 0. The molecule has 5 nitrogen and oxygen atoms in total. The average Bonchev–Trinajstić information content (AvgIpc) is 3.53. The van der Waals surface area contributed by atoms with Crippen LogP contribution in [0, 0.1) is 5.92 Å². The molecule has 202 valence electrons. The third kappa shape index (κ3) is 5.70. The number of hydrogen-bond donors (Lipinski definition) is 2. The molecule has 0 spiro atoms. The summed E-state index contributed by atoms with van der Waals surface area (Å²) in [4.78, 5) is 18.4. The van der Waals surface area contributed by atoms with Crippen LogP contribution in [-0.4, -0.2) is 22.6 Å². The lowest BCUT2D eigenvalue weighted by molar-refractivity contribution is -0.124. The van der Waals surface area contributed by atoms with Gasteiger partial charge in [-0.25, -0.2) is 4.98 Å². The van der Waals surface area contributed by atoms with Gasteiger partial charge in [0.2, 0.25) is 5.91 Å². The molecule has 6 rings (SSSR count). The molecular weight excluding hydrogens is 496 g/mol. The van der Waals surface area contributed by atoms with Gasteiger partial charge in [0.15, 0.2) is 0 Å². The molecule has 0 saturated heterocycles. The number of nitrogens with one attached hydrogen (secondary N) is 1. The highest BCUT2D eigenvalue weighted by molar-refractivity contribution is 5.89. The fourth-order valence-electron chi connectivity index (χ4n) is 5.98. The van der Waals surface area contributed by atoms with Crippen LogP contribution in [-0.2, 0) is 11.4 Å². The van der Waals surface area contributed by atoms with Crippen LogP contribution >= 0.6 is 0 Å². The van der Waals surface area contributed by atoms with Gasteiger partial charge < -0.3 is 15.2 Å². The molecule has 0 aliphatic heterocycles. The van der Waals surface area contributed by atoms with Crippen LogP contribution in [0.25, 0.3) is 21.7 Å². The van der Waals surface area contributed by atoms with Crippen molar-refractivity contribution in [2.75, 3.05) is 6.61 Å². The van der Waals surface area contributed by atoms with Gasteiger partial charge in [0, 0.05) is 5.39 Å². The SMILES string of the molecule is O=C(N[C@@H](CO)c1ccccc1)C(c1ccc2cc(OCc3ccc4ccccc4n3)ccc2c1)C1CCCC1. The Labute approximate surface area is 234 Å². The van der Waals surface area contributed by atoms with Crippen molar-refractivity contribution in [2.24, 2.45) is 5.92 Å². The predicted molar refractivity (Wildman–Crippen MR) is 159 cm³/mol. The van der Waals surface area contributed by atoms with Crippen LogP contribution in [0.15, 0.2) is 103 Å². The van der Waals surface area contributed by atoms with E-state index in [0.717, 1.165) is 69.9 Å². The van der Waals surface area contributed by atoms with Gasteiger partial charge in [-0.05, 0) is 64.9 Å². The molecule has 2 N–H and O–H groups in total. The molecule has 2 atom stereocenters. The van der Waals surface area contributed by atoms with E-state index >= 15 is 0 Å². The fraction of sp³-hybridized carbons (Fsp3) is 0.257. The summed E-state index contributed by atoms with van der Waals surface area (Å²) in [5.41, 5.74) is 3.78. The number of aliphatic hydroxyl groups excluding tert-OH is 1. The highest BCUT2D eigenvalue weighted by Crippen LogP contribution is 2.39. The van der Waals surface area contributed by atoms with E-state index in [1.165, 1.54) is 0 Å². The van der Waals surface area contributed by atoms with E-state index in [9.17, 15) is 9.90 Å². The first kappa shape index (κ1) is 26.0. The van der Waals surface area contributed by atoms with E-state index < -0.39 is 6.04 Å². The van der Waals surface area contributed by atoms with Crippen LogP contribution in [0.1, 0.15) is 54.5 Å². The molecule has 5 aromatic rings. The van der Waals surface area contributed by atoms with Crippen molar-refractivity contribution in [2.45, 2.75) is 44.2 Å². The van der Waals surface area contributed by atoms with Gasteiger partial charge in [0.1, 0.15) is 12.4 Å². The first-order chi connectivity index (χ1) is 19.7. The molecule has 1 fully saturated rings. The van der Waals surface area contributed by atoms with Crippen molar-refractivity contribution >= 4 is 27.6 Å². The van der Waals surface area contributed by atoms with Crippen molar-refractivity contribution in [3.63, 3.8) is 0 Å². The van der Waals surface area contributed by atoms with Crippen molar-refractivity contribution in [3.8, 4) is 5.75 Å². The zero-order valence-corrected chi connectivity index (χ0v) is 22.5. The molecule has 4 aromatic carbocycles. The lowest BCUT2D eigenvalue weighted by atomic mass is 9.83. The Morgan fingerprint density at radius 3 is 2.38 bits per heavy atom. The first-order valence-electron chi connectivity index (χ1n) is 14.2. The van der Waals surface area contributed by atoms with Gasteiger partial charge in [0.05, 0.1) is 29.8 Å². The zero-order valence-electron chi connectivity index (χ0n) is 22.5. The summed E-state index contributed by atoms with van der Waals surface area (Å²) in [6.07, 6.45) is 4.38. The van der Waals surface area contributed by atoms with E-state index in [-0.39, 0.29) is 18.4 Å². The van der Waals surface area contributed by atoms with E-state index in [1.807, 2.05) is 66.7 Å². The fourth-order valence-corrected chi connectivity index (χ4v) is 5.98. The smallest absolute Gasteiger partial charge is 0.228 e. The van der Waals surface area contributed by atoms with Crippen molar-refractivity contribution in [1.29, 1.82) is 0 Å². The second-order valence-corrected chi connectivity index (χ2v) is 10.7. The molecule has 1 aliphatic rings. The molecule has 1 unspecified atom stereocenters. The largest absolute Gasteiger partial charge is 0.487 e. The average molecular weight is 531 g/mol. The molecule has 5 heteroatoms.